The number of ether oxygens (including phenoxy) is 3. The molecule has 7 heteroatoms. The van der Waals surface area contributed by atoms with Gasteiger partial charge in [-0.15, -0.1) is 0 Å². The van der Waals surface area contributed by atoms with Crippen LogP contribution in [0, 0.1) is 0 Å². The molecule has 0 saturated heterocycles. The van der Waals surface area contributed by atoms with Crippen LogP contribution >= 0.6 is 15.9 Å². The first-order valence-corrected chi connectivity index (χ1v) is 9.49. The largest absolute Gasteiger partial charge is 0.497 e. The molecular weight excluding hydrogens is 438 g/mol. The van der Waals surface area contributed by atoms with E-state index in [-0.39, 0.29) is 0 Å². The third-order valence-corrected chi connectivity index (χ3v) is 4.51. The van der Waals surface area contributed by atoms with Crippen LogP contribution in [0.4, 0.5) is 0 Å². The summed E-state index contributed by atoms with van der Waals surface area (Å²) in [5, 5.41) is 0.852. The molecule has 0 radical (unpaired) electrons. The van der Waals surface area contributed by atoms with Crippen LogP contribution in [0.2, 0.25) is 0 Å². The zero-order valence-corrected chi connectivity index (χ0v) is 17.6. The Morgan fingerprint density at radius 3 is 2.45 bits per heavy atom. The first kappa shape index (κ1) is 20.5. The quantitative estimate of drug-likeness (QED) is 0.396. The molecule has 29 heavy (non-hydrogen) atoms. The summed E-state index contributed by atoms with van der Waals surface area (Å²) in [6.45, 7) is 2.69. The second-order valence-electron chi connectivity index (χ2n) is 6.11. The summed E-state index contributed by atoms with van der Waals surface area (Å²) in [6.07, 6.45) is 3.55. The third kappa shape index (κ3) is 5.00. The fourth-order valence-corrected chi connectivity index (χ4v) is 3.26. The van der Waals surface area contributed by atoms with Crippen molar-refractivity contribution < 1.29 is 23.8 Å². The molecular formula is C22H18BrNO5. The van der Waals surface area contributed by atoms with Crippen molar-refractivity contribution in [1.29, 1.82) is 0 Å². The van der Waals surface area contributed by atoms with Gasteiger partial charge in [-0.3, -0.25) is 9.59 Å². The maximum atomic E-state index is 11.5. The highest BCUT2D eigenvalue weighted by Crippen LogP contribution is 2.35. The van der Waals surface area contributed by atoms with Crippen molar-refractivity contribution in [3.63, 3.8) is 0 Å². The minimum Gasteiger partial charge on any atom is -0.497 e. The molecule has 3 aromatic rings. The van der Waals surface area contributed by atoms with Crippen LogP contribution in [0.1, 0.15) is 25.1 Å². The molecule has 1 heterocycles. The van der Waals surface area contributed by atoms with Gasteiger partial charge in [-0.1, -0.05) is 18.2 Å². The molecule has 6 nitrogen and oxygen atoms in total. The van der Waals surface area contributed by atoms with Crippen LogP contribution < -0.4 is 14.2 Å². The lowest BCUT2D eigenvalue weighted by Crippen LogP contribution is -2.04. The SMILES string of the molecule is COc1cc(Br)c(OC(C)=O)c(C=Cc2ccc3cccc(OC(C)=O)c3n2)c1. The molecule has 0 aliphatic heterocycles. The molecule has 2 aromatic carbocycles. The lowest BCUT2D eigenvalue weighted by Gasteiger charge is -2.11. The molecule has 148 valence electrons. The Bertz CT molecular complexity index is 1120. The maximum absolute atomic E-state index is 11.5. The number of esters is 2. The minimum atomic E-state index is -0.430. The Morgan fingerprint density at radius 1 is 1.00 bits per heavy atom. The number of carbonyl (C=O) groups excluding carboxylic acids is 2. The van der Waals surface area contributed by atoms with E-state index in [2.05, 4.69) is 20.9 Å². The predicted octanol–water partition coefficient (Wildman–Crippen LogP) is 5.03. The van der Waals surface area contributed by atoms with E-state index < -0.39 is 11.9 Å². The molecule has 0 spiro atoms. The Kier molecular flexibility index (Phi) is 6.29. The monoisotopic (exact) mass is 455 g/mol. The zero-order chi connectivity index (χ0) is 21.0. The van der Waals surface area contributed by atoms with Gasteiger partial charge in [0.2, 0.25) is 0 Å². The normalized spacial score (nSPS) is 10.9. The second kappa shape index (κ2) is 8.87. The van der Waals surface area contributed by atoms with Crippen LogP contribution in [0.15, 0.2) is 46.9 Å². The van der Waals surface area contributed by atoms with E-state index in [0.29, 0.717) is 38.5 Å². The molecule has 1 aromatic heterocycles. The highest BCUT2D eigenvalue weighted by Gasteiger charge is 2.12. The van der Waals surface area contributed by atoms with E-state index in [1.54, 1.807) is 43.5 Å². The molecule has 0 saturated carbocycles. The summed E-state index contributed by atoms with van der Waals surface area (Å²) in [6, 6.07) is 12.6. The van der Waals surface area contributed by atoms with Crippen LogP contribution in [0.3, 0.4) is 0 Å². The van der Waals surface area contributed by atoms with Gasteiger partial charge in [0.05, 0.1) is 17.3 Å². The maximum Gasteiger partial charge on any atom is 0.308 e. The van der Waals surface area contributed by atoms with E-state index in [4.69, 9.17) is 14.2 Å². The number of pyridine rings is 1. The summed E-state index contributed by atoms with van der Waals surface area (Å²) < 4.78 is 16.5. The van der Waals surface area contributed by atoms with Gasteiger partial charge in [-0.05, 0) is 52.3 Å². The fourth-order valence-electron chi connectivity index (χ4n) is 2.72. The number of benzene rings is 2. The summed E-state index contributed by atoms with van der Waals surface area (Å²) in [7, 11) is 1.56. The van der Waals surface area contributed by atoms with Gasteiger partial charge in [0.1, 0.15) is 11.3 Å². The van der Waals surface area contributed by atoms with Crippen molar-refractivity contribution in [3.8, 4) is 17.2 Å². The van der Waals surface area contributed by atoms with Crippen molar-refractivity contribution >= 4 is 50.9 Å². The van der Waals surface area contributed by atoms with Crippen LogP contribution in [0.5, 0.6) is 17.2 Å². The molecule has 0 atom stereocenters. The number of hydrogen-bond donors (Lipinski definition) is 0. The van der Waals surface area contributed by atoms with Gasteiger partial charge >= 0.3 is 11.9 Å². The number of hydrogen-bond acceptors (Lipinski definition) is 6. The molecule has 0 unspecified atom stereocenters. The van der Waals surface area contributed by atoms with Crippen LogP contribution in [0.25, 0.3) is 23.1 Å². The number of halogens is 1. The lowest BCUT2D eigenvalue weighted by molar-refractivity contribution is -0.132. The van der Waals surface area contributed by atoms with E-state index >= 15 is 0 Å². The second-order valence-corrected chi connectivity index (χ2v) is 6.97. The molecule has 0 amide bonds. The van der Waals surface area contributed by atoms with E-state index in [9.17, 15) is 9.59 Å². The van der Waals surface area contributed by atoms with E-state index in [1.165, 1.54) is 13.8 Å². The first-order valence-electron chi connectivity index (χ1n) is 8.69. The molecule has 0 fully saturated rings. The highest BCUT2D eigenvalue weighted by molar-refractivity contribution is 9.10. The van der Waals surface area contributed by atoms with E-state index in [0.717, 1.165) is 5.39 Å². The average molecular weight is 456 g/mol. The van der Waals surface area contributed by atoms with Gasteiger partial charge < -0.3 is 14.2 Å². The van der Waals surface area contributed by atoms with Gasteiger partial charge in [0.25, 0.3) is 0 Å². The van der Waals surface area contributed by atoms with Crippen molar-refractivity contribution in [2.24, 2.45) is 0 Å². The Morgan fingerprint density at radius 2 is 1.76 bits per heavy atom. The Hall–Kier alpha value is -3.19. The summed E-state index contributed by atoms with van der Waals surface area (Å²) in [5.41, 5.74) is 1.86. The van der Waals surface area contributed by atoms with Crippen molar-refractivity contribution in [2.45, 2.75) is 13.8 Å². The summed E-state index contributed by atoms with van der Waals surface area (Å²) in [4.78, 5) is 27.4. The topological polar surface area (TPSA) is 74.7 Å². The third-order valence-electron chi connectivity index (χ3n) is 3.92. The lowest BCUT2D eigenvalue weighted by atomic mass is 10.1. The summed E-state index contributed by atoms with van der Waals surface area (Å²) in [5.74, 6) is 0.551. The zero-order valence-electron chi connectivity index (χ0n) is 16.1. The Labute approximate surface area is 176 Å². The van der Waals surface area contributed by atoms with Crippen molar-refractivity contribution in [2.75, 3.05) is 7.11 Å². The minimum absolute atomic E-state index is 0.385. The van der Waals surface area contributed by atoms with Gasteiger partial charge in [-0.2, -0.15) is 0 Å². The average Bonchev–Trinajstić information content (AvgIpc) is 2.67. The van der Waals surface area contributed by atoms with Crippen molar-refractivity contribution in [1.82, 2.24) is 4.98 Å². The molecule has 0 bridgehead atoms. The number of carbonyl (C=O) groups is 2. The van der Waals surface area contributed by atoms with Gasteiger partial charge in [0.15, 0.2) is 11.5 Å². The molecule has 3 rings (SSSR count). The van der Waals surface area contributed by atoms with Gasteiger partial charge in [-0.25, -0.2) is 4.98 Å². The first-order chi connectivity index (χ1) is 13.9. The van der Waals surface area contributed by atoms with Crippen LogP contribution in [-0.4, -0.2) is 24.0 Å². The molecule has 0 aliphatic carbocycles. The predicted molar refractivity (Wildman–Crippen MR) is 114 cm³/mol. The number of rotatable bonds is 5. The molecule has 0 aliphatic rings. The number of methoxy groups -OCH3 is 1. The molecule has 0 N–H and O–H groups in total. The van der Waals surface area contributed by atoms with Crippen LogP contribution in [-0.2, 0) is 9.59 Å². The number of para-hydroxylation sites is 1. The number of fused-ring (bicyclic) bond motifs is 1. The number of aromatic nitrogens is 1. The Balaban J connectivity index is 2.03. The van der Waals surface area contributed by atoms with E-state index in [1.807, 2.05) is 18.2 Å². The summed E-state index contributed by atoms with van der Waals surface area (Å²) >= 11 is 3.40. The smallest absolute Gasteiger partial charge is 0.308 e. The number of nitrogens with zero attached hydrogens (tertiary/aromatic N) is 1. The fraction of sp³-hybridized carbons (Fsp3) is 0.136. The standard InChI is InChI=1S/C22H18BrNO5/c1-13(25)28-20-6-4-5-15-7-9-17(24-21(15)20)10-8-16-11-18(27-3)12-19(23)22(16)29-14(2)26/h4-12H,1-3H3. The van der Waals surface area contributed by atoms with Crippen molar-refractivity contribution in [3.05, 3.63) is 58.2 Å². The highest BCUT2D eigenvalue weighted by atomic mass is 79.9. The van der Waals surface area contributed by atoms with Gasteiger partial charge in [0, 0.05) is 24.8 Å².